The van der Waals surface area contributed by atoms with Crippen LogP contribution < -0.4 is 4.72 Å². The van der Waals surface area contributed by atoms with E-state index >= 15 is 0 Å². The zero-order valence-corrected chi connectivity index (χ0v) is 16.4. The molecular weight excluding hydrogens is 366 g/mol. The predicted octanol–water partition coefficient (Wildman–Crippen LogP) is 0.906. The Bertz CT molecular complexity index is 895. The molecule has 146 valence electrons. The summed E-state index contributed by atoms with van der Waals surface area (Å²) in [5.74, 6) is 1.63. The number of hydrogen-bond acceptors (Lipinski definition) is 5. The summed E-state index contributed by atoms with van der Waals surface area (Å²) in [6, 6.07) is 10.3. The molecule has 2 aromatic rings. The van der Waals surface area contributed by atoms with E-state index in [1.165, 1.54) is 5.56 Å². The van der Waals surface area contributed by atoms with Crippen LogP contribution in [0.1, 0.15) is 36.6 Å². The van der Waals surface area contributed by atoms with Crippen LogP contribution in [-0.4, -0.2) is 53.3 Å². The van der Waals surface area contributed by atoms with Crippen molar-refractivity contribution in [1.29, 1.82) is 0 Å². The van der Waals surface area contributed by atoms with Crippen molar-refractivity contribution in [3.8, 4) is 0 Å². The Kier molecular flexibility index (Phi) is 5.91. The van der Waals surface area contributed by atoms with E-state index in [1.807, 2.05) is 25.1 Å². The van der Waals surface area contributed by atoms with Crippen LogP contribution in [0.4, 0.5) is 0 Å². The van der Waals surface area contributed by atoms with E-state index in [4.69, 9.17) is 0 Å². The summed E-state index contributed by atoms with van der Waals surface area (Å²) in [5.41, 5.74) is 1.26. The van der Waals surface area contributed by atoms with Crippen LogP contribution in [0.3, 0.4) is 0 Å². The highest BCUT2D eigenvalue weighted by molar-refractivity contribution is 7.88. The normalized spacial score (nSPS) is 17.0. The number of carbonyl (C=O) groups excluding carboxylic acids is 1. The van der Waals surface area contributed by atoms with E-state index in [1.54, 1.807) is 4.90 Å². The number of aryl methyl sites for hydroxylation is 2. The van der Waals surface area contributed by atoms with Gasteiger partial charge in [0.05, 0.1) is 18.8 Å². The quantitative estimate of drug-likeness (QED) is 0.757. The molecule has 1 aromatic heterocycles. The third-order valence-electron chi connectivity index (χ3n) is 4.63. The smallest absolute Gasteiger partial charge is 0.224 e. The van der Waals surface area contributed by atoms with Crippen molar-refractivity contribution < 1.29 is 13.2 Å². The molecule has 1 aromatic carbocycles. The van der Waals surface area contributed by atoms with E-state index in [0.29, 0.717) is 13.1 Å². The molecule has 1 atom stereocenters. The summed E-state index contributed by atoms with van der Waals surface area (Å²) in [7, 11) is -3.28. The van der Waals surface area contributed by atoms with Gasteiger partial charge < -0.3 is 9.47 Å². The standard InChI is InChI=1S/C18H25N5O3S/c1-14-12-22(18(24)10-11-19-27(2,25)26)13-17-21-20-16(23(14)17)9-8-15-6-4-3-5-7-15/h3-7,14,19H,8-13H2,1-2H3/t14-/m0/s1. The number of nitrogens with one attached hydrogen (secondary N) is 1. The molecule has 0 unspecified atom stereocenters. The molecule has 1 N–H and O–H groups in total. The lowest BCUT2D eigenvalue weighted by Gasteiger charge is -2.32. The van der Waals surface area contributed by atoms with Crippen molar-refractivity contribution in [2.75, 3.05) is 19.3 Å². The van der Waals surface area contributed by atoms with E-state index < -0.39 is 10.0 Å². The molecule has 0 bridgehead atoms. The molecule has 0 aliphatic carbocycles. The fourth-order valence-corrected chi connectivity index (χ4v) is 3.85. The fourth-order valence-electron chi connectivity index (χ4n) is 3.38. The van der Waals surface area contributed by atoms with E-state index in [-0.39, 0.29) is 24.9 Å². The van der Waals surface area contributed by atoms with Gasteiger partial charge in [0.2, 0.25) is 15.9 Å². The molecular formula is C18H25N5O3S. The van der Waals surface area contributed by atoms with Crippen molar-refractivity contribution in [3.05, 3.63) is 47.5 Å². The lowest BCUT2D eigenvalue weighted by atomic mass is 10.1. The Morgan fingerprint density at radius 3 is 2.67 bits per heavy atom. The highest BCUT2D eigenvalue weighted by atomic mass is 32.2. The number of rotatable bonds is 7. The van der Waals surface area contributed by atoms with Crippen LogP contribution in [0.15, 0.2) is 30.3 Å². The number of carbonyl (C=O) groups is 1. The van der Waals surface area contributed by atoms with Gasteiger partial charge in [-0.1, -0.05) is 30.3 Å². The Morgan fingerprint density at radius 2 is 1.96 bits per heavy atom. The molecule has 27 heavy (non-hydrogen) atoms. The lowest BCUT2D eigenvalue weighted by Crippen LogP contribution is -2.42. The van der Waals surface area contributed by atoms with Crippen LogP contribution in [-0.2, 0) is 34.2 Å². The minimum absolute atomic E-state index is 0.0846. The molecule has 9 heteroatoms. The maximum Gasteiger partial charge on any atom is 0.224 e. The number of sulfonamides is 1. The molecule has 1 aliphatic heterocycles. The van der Waals surface area contributed by atoms with Gasteiger partial charge in [0.15, 0.2) is 5.82 Å². The maximum absolute atomic E-state index is 12.4. The predicted molar refractivity (Wildman–Crippen MR) is 101 cm³/mol. The summed E-state index contributed by atoms with van der Waals surface area (Å²) < 4.78 is 26.7. The second-order valence-corrected chi connectivity index (χ2v) is 8.76. The maximum atomic E-state index is 12.4. The van der Waals surface area contributed by atoms with E-state index in [2.05, 4.69) is 31.6 Å². The SMILES string of the molecule is C[C@H]1CN(C(=O)CCNS(C)(=O)=O)Cc2nnc(CCc3ccccc3)n21. The lowest BCUT2D eigenvalue weighted by molar-refractivity contribution is -0.133. The second-order valence-electron chi connectivity index (χ2n) is 6.93. The number of aromatic nitrogens is 3. The number of amides is 1. The van der Waals surface area contributed by atoms with Gasteiger partial charge in [-0.05, 0) is 18.9 Å². The van der Waals surface area contributed by atoms with Gasteiger partial charge in [0.1, 0.15) is 5.82 Å². The molecule has 3 rings (SSSR count). The molecule has 0 radical (unpaired) electrons. The van der Waals surface area contributed by atoms with Gasteiger partial charge >= 0.3 is 0 Å². The van der Waals surface area contributed by atoms with Crippen molar-refractivity contribution in [2.24, 2.45) is 0 Å². The highest BCUT2D eigenvalue weighted by Crippen LogP contribution is 2.22. The first-order valence-electron chi connectivity index (χ1n) is 9.02. The molecule has 1 aliphatic rings. The molecule has 2 heterocycles. The topological polar surface area (TPSA) is 97.2 Å². The number of fused-ring (bicyclic) bond motifs is 1. The molecule has 1 amide bonds. The summed E-state index contributed by atoms with van der Waals surface area (Å²) in [4.78, 5) is 14.1. The third kappa shape index (κ3) is 5.14. The molecule has 0 saturated heterocycles. The highest BCUT2D eigenvalue weighted by Gasteiger charge is 2.28. The fraction of sp³-hybridized carbons (Fsp3) is 0.500. The molecule has 0 spiro atoms. The zero-order valence-electron chi connectivity index (χ0n) is 15.6. The largest absolute Gasteiger partial charge is 0.333 e. The van der Waals surface area contributed by atoms with Gasteiger partial charge in [-0.25, -0.2) is 13.1 Å². The summed E-state index contributed by atoms with van der Waals surface area (Å²) >= 11 is 0. The van der Waals surface area contributed by atoms with Gasteiger partial charge in [0, 0.05) is 25.9 Å². The van der Waals surface area contributed by atoms with Crippen LogP contribution in [0.5, 0.6) is 0 Å². The average molecular weight is 391 g/mol. The van der Waals surface area contributed by atoms with Crippen LogP contribution in [0.2, 0.25) is 0 Å². The third-order valence-corrected chi connectivity index (χ3v) is 5.36. The van der Waals surface area contributed by atoms with Gasteiger partial charge in [-0.2, -0.15) is 0 Å². The zero-order chi connectivity index (χ0) is 19.4. The summed E-state index contributed by atoms with van der Waals surface area (Å²) in [6.45, 7) is 3.13. The second kappa shape index (κ2) is 8.18. The van der Waals surface area contributed by atoms with Crippen LogP contribution in [0, 0.1) is 0 Å². The number of benzene rings is 1. The molecule has 0 saturated carbocycles. The average Bonchev–Trinajstić information content (AvgIpc) is 3.03. The summed E-state index contributed by atoms with van der Waals surface area (Å²) in [5, 5.41) is 8.61. The first kappa shape index (κ1) is 19.5. The Labute approximate surface area is 159 Å². The van der Waals surface area contributed by atoms with Crippen LogP contribution >= 0.6 is 0 Å². The monoisotopic (exact) mass is 391 g/mol. The van der Waals surface area contributed by atoms with Crippen molar-refractivity contribution in [3.63, 3.8) is 0 Å². The summed E-state index contributed by atoms with van der Waals surface area (Å²) in [6.07, 6.45) is 2.91. The van der Waals surface area contributed by atoms with Gasteiger partial charge in [-0.15, -0.1) is 10.2 Å². The van der Waals surface area contributed by atoms with Crippen molar-refractivity contribution in [1.82, 2.24) is 24.4 Å². The van der Waals surface area contributed by atoms with Gasteiger partial charge in [0.25, 0.3) is 0 Å². The number of nitrogens with zero attached hydrogens (tertiary/aromatic N) is 4. The van der Waals surface area contributed by atoms with Crippen LogP contribution in [0.25, 0.3) is 0 Å². The molecule has 8 nitrogen and oxygen atoms in total. The first-order chi connectivity index (χ1) is 12.8. The van der Waals surface area contributed by atoms with Crippen molar-refractivity contribution >= 4 is 15.9 Å². The van der Waals surface area contributed by atoms with Gasteiger partial charge in [-0.3, -0.25) is 4.79 Å². The first-order valence-corrected chi connectivity index (χ1v) is 10.9. The Balaban J connectivity index is 1.61. The minimum atomic E-state index is -3.28. The van der Waals surface area contributed by atoms with E-state index in [9.17, 15) is 13.2 Å². The minimum Gasteiger partial charge on any atom is -0.333 e. The molecule has 0 fully saturated rings. The van der Waals surface area contributed by atoms with Crippen molar-refractivity contribution in [2.45, 2.75) is 38.8 Å². The number of hydrogen-bond donors (Lipinski definition) is 1. The Hall–Kier alpha value is -2.26. The van der Waals surface area contributed by atoms with E-state index in [0.717, 1.165) is 30.7 Å². The Morgan fingerprint density at radius 1 is 1.22 bits per heavy atom.